The highest BCUT2D eigenvalue weighted by molar-refractivity contribution is 6.01. The quantitative estimate of drug-likeness (QED) is 0.367. The molecule has 0 fully saturated rings. The molecule has 3 aromatic rings. The van der Waals surface area contributed by atoms with Gasteiger partial charge in [-0.15, -0.1) is 0 Å². The average Bonchev–Trinajstić information content (AvgIpc) is 2.83. The van der Waals surface area contributed by atoms with Crippen molar-refractivity contribution in [3.8, 4) is 5.75 Å². The van der Waals surface area contributed by atoms with Crippen molar-refractivity contribution in [1.82, 2.24) is 5.32 Å². The van der Waals surface area contributed by atoms with Crippen LogP contribution in [0, 0.1) is 0 Å². The molecule has 3 rings (SSSR count). The third kappa shape index (κ3) is 7.66. The molecule has 10 heteroatoms. The highest BCUT2D eigenvalue weighted by Gasteiger charge is 2.30. The van der Waals surface area contributed by atoms with Crippen LogP contribution < -0.4 is 25.6 Å². The lowest BCUT2D eigenvalue weighted by Gasteiger charge is -2.24. The van der Waals surface area contributed by atoms with Gasteiger partial charge in [-0.3, -0.25) is 4.90 Å². The number of nitrogens with one attached hydrogen (secondary N) is 3. The molecule has 0 saturated heterocycles. The Kier molecular flexibility index (Phi) is 8.55. The molecule has 0 aromatic heterocycles. The van der Waals surface area contributed by atoms with Gasteiger partial charge in [0, 0.05) is 30.2 Å². The molecule has 7 nitrogen and oxygen atoms in total. The van der Waals surface area contributed by atoms with E-state index in [1.165, 1.54) is 17.0 Å². The van der Waals surface area contributed by atoms with Gasteiger partial charge in [0.1, 0.15) is 5.75 Å². The second-order valence-electron chi connectivity index (χ2n) is 7.33. The van der Waals surface area contributed by atoms with Crippen molar-refractivity contribution < 1.29 is 27.5 Å². The van der Waals surface area contributed by atoms with Crippen LogP contribution in [0.15, 0.2) is 78.9 Å². The number of alkyl halides is 3. The number of urea groups is 2. The third-order valence-corrected chi connectivity index (χ3v) is 4.80. The predicted molar refractivity (Wildman–Crippen MR) is 129 cm³/mol. The number of amides is 4. The zero-order chi connectivity index (χ0) is 25.3. The Bertz CT molecular complexity index is 1120. The van der Waals surface area contributed by atoms with Gasteiger partial charge >= 0.3 is 18.2 Å². The van der Waals surface area contributed by atoms with Crippen LogP contribution in [0.1, 0.15) is 12.5 Å². The minimum absolute atomic E-state index is 0.00644. The summed E-state index contributed by atoms with van der Waals surface area (Å²) in [5, 5.41) is 7.84. The van der Waals surface area contributed by atoms with Gasteiger partial charge in [-0.25, -0.2) is 9.59 Å². The van der Waals surface area contributed by atoms with E-state index in [4.69, 9.17) is 4.74 Å². The molecule has 0 spiro atoms. The molecule has 0 saturated carbocycles. The summed E-state index contributed by atoms with van der Waals surface area (Å²) in [6.07, 6.45) is -4.53. The maximum atomic E-state index is 13.0. The van der Waals surface area contributed by atoms with E-state index >= 15 is 0 Å². The summed E-state index contributed by atoms with van der Waals surface area (Å²) in [5.74, 6) is 0.684. The van der Waals surface area contributed by atoms with Gasteiger partial charge in [-0.1, -0.05) is 24.3 Å². The molecule has 0 aliphatic rings. The molecule has 4 amide bonds. The average molecular weight is 486 g/mol. The van der Waals surface area contributed by atoms with Crippen molar-refractivity contribution in [2.75, 3.05) is 35.2 Å². The number of anilines is 3. The number of hydrogen-bond acceptors (Lipinski definition) is 3. The molecule has 3 N–H and O–H groups in total. The van der Waals surface area contributed by atoms with Crippen LogP contribution in [0.25, 0.3) is 0 Å². The molecule has 184 valence electrons. The van der Waals surface area contributed by atoms with Crippen molar-refractivity contribution in [2.24, 2.45) is 0 Å². The molecular weight excluding hydrogens is 461 g/mol. The molecule has 35 heavy (non-hydrogen) atoms. The molecule has 0 atom stereocenters. The van der Waals surface area contributed by atoms with Gasteiger partial charge in [0.15, 0.2) is 0 Å². The summed E-state index contributed by atoms with van der Waals surface area (Å²) < 4.78 is 44.4. The predicted octanol–water partition coefficient (Wildman–Crippen LogP) is 5.96. The number of hydrogen-bond donors (Lipinski definition) is 3. The Morgan fingerprint density at radius 2 is 1.60 bits per heavy atom. The third-order valence-electron chi connectivity index (χ3n) is 4.80. The van der Waals surface area contributed by atoms with E-state index in [9.17, 15) is 22.8 Å². The SMILES string of the molecule is CCOc1ccc(NC(=O)NCCN(C(=O)Nc2cccc(C(F)(F)F)c2)c2ccccc2)cc1. The normalized spacial score (nSPS) is 10.9. The lowest BCUT2D eigenvalue weighted by Crippen LogP contribution is -2.42. The van der Waals surface area contributed by atoms with Gasteiger partial charge in [-0.2, -0.15) is 13.2 Å². The Hall–Kier alpha value is -4.21. The van der Waals surface area contributed by atoms with Crippen molar-refractivity contribution in [2.45, 2.75) is 13.1 Å². The van der Waals surface area contributed by atoms with E-state index in [2.05, 4.69) is 16.0 Å². The van der Waals surface area contributed by atoms with Gasteiger partial charge < -0.3 is 20.7 Å². The van der Waals surface area contributed by atoms with Crippen molar-refractivity contribution in [3.63, 3.8) is 0 Å². The minimum Gasteiger partial charge on any atom is -0.494 e. The van der Waals surface area contributed by atoms with E-state index in [1.54, 1.807) is 54.6 Å². The largest absolute Gasteiger partial charge is 0.494 e. The van der Waals surface area contributed by atoms with E-state index in [0.29, 0.717) is 23.7 Å². The number of rotatable bonds is 8. The molecule has 0 radical (unpaired) electrons. The first-order valence-corrected chi connectivity index (χ1v) is 10.8. The molecular formula is C25H25F3N4O3. The first-order valence-electron chi connectivity index (χ1n) is 10.8. The number of carbonyl (C=O) groups is 2. The second kappa shape index (κ2) is 11.8. The van der Waals surface area contributed by atoms with Crippen LogP contribution >= 0.6 is 0 Å². The van der Waals surface area contributed by atoms with Crippen LogP contribution in [0.2, 0.25) is 0 Å². The lowest BCUT2D eigenvalue weighted by molar-refractivity contribution is -0.137. The van der Waals surface area contributed by atoms with Crippen molar-refractivity contribution >= 4 is 29.1 Å². The van der Waals surface area contributed by atoms with Crippen LogP contribution in [0.5, 0.6) is 5.75 Å². The first-order chi connectivity index (χ1) is 16.8. The summed E-state index contributed by atoms with van der Waals surface area (Å²) in [7, 11) is 0. The Morgan fingerprint density at radius 1 is 0.886 bits per heavy atom. The number of ether oxygens (including phenoxy) is 1. The van der Waals surface area contributed by atoms with Gasteiger partial charge in [0.25, 0.3) is 0 Å². The highest BCUT2D eigenvalue weighted by Crippen LogP contribution is 2.30. The van der Waals surface area contributed by atoms with E-state index in [0.717, 1.165) is 12.1 Å². The zero-order valence-corrected chi connectivity index (χ0v) is 18.9. The Balaban J connectivity index is 1.61. The lowest BCUT2D eigenvalue weighted by atomic mass is 10.2. The number of carbonyl (C=O) groups excluding carboxylic acids is 2. The minimum atomic E-state index is -4.53. The first kappa shape index (κ1) is 25.4. The molecule has 0 aliphatic heterocycles. The summed E-state index contributed by atoms with van der Waals surface area (Å²) in [4.78, 5) is 26.5. The van der Waals surface area contributed by atoms with Crippen LogP contribution in [-0.4, -0.2) is 31.8 Å². The van der Waals surface area contributed by atoms with E-state index < -0.39 is 23.8 Å². The fourth-order valence-corrected chi connectivity index (χ4v) is 3.18. The summed E-state index contributed by atoms with van der Waals surface area (Å²) in [5.41, 5.74) is 0.222. The second-order valence-corrected chi connectivity index (χ2v) is 7.33. The Labute approximate surface area is 200 Å². The van der Waals surface area contributed by atoms with Crippen LogP contribution in [-0.2, 0) is 6.18 Å². The van der Waals surface area contributed by atoms with Crippen molar-refractivity contribution in [1.29, 1.82) is 0 Å². The zero-order valence-electron chi connectivity index (χ0n) is 18.9. The standard InChI is InChI=1S/C25H25F3N4O3/c1-2-35-22-13-11-19(12-14-22)30-23(33)29-15-16-32(21-9-4-3-5-10-21)24(34)31-20-8-6-7-18(17-20)25(26,27)28/h3-14,17H,2,15-16H2,1H3,(H,31,34)(H2,29,30,33). The van der Waals surface area contributed by atoms with Gasteiger partial charge in [-0.05, 0) is 61.5 Å². The van der Waals surface area contributed by atoms with Crippen LogP contribution in [0.3, 0.4) is 0 Å². The summed E-state index contributed by atoms with van der Waals surface area (Å²) >= 11 is 0. The van der Waals surface area contributed by atoms with Gasteiger partial charge in [0.05, 0.1) is 12.2 Å². The number of halogens is 3. The molecule has 0 heterocycles. The number of para-hydroxylation sites is 1. The maximum absolute atomic E-state index is 13.0. The van der Waals surface area contributed by atoms with Crippen LogP contribution in [0.4, 0.5) is 39.8 Å². The smallest absolute Gasteiger partial charge is 0.416 e. The summed E-state index contributed by atoms with van der Waals surface area (Å²) in [6.45, 7) is 2.57. The summed E-state index contributed by atoms with van der Waals surface area (Å²) in [6, 6.07) is 18.7. The monoisotopic (exact) mass is 486 g/mol. The fourth-order valence-electron chi connectivity index (χ4n) is 3.18. The molecule has 3 aromatic carbocycles. The van der Waals surface area contributed by atoms with Gasteiger partial charge in [0.2, 0.25) is 0 Å². The van der Waals surface area contributed by atoms with Crippen molar-refractivity contribution in [3.05, 3.63) is 84.4 Å². The topological polar surface area (TPSA) is 82.7 Å². The molecule has 0 aliphatic carbocycles. The maximum Gasteiger partial charge on any atom is 0.416 e. The fraction of sp³-hybridized carbons (Fsp3) is 0.200. The van der Waals surface area contributed by atoms with E-state index in [-0.39, 0.29) is 18.8 Å². The number of nitrogens with zero attached hydrogens (tertiary/aromatic N) is 1. The highest BCUT2D eigenvalue weighted by atomic mass is 19.4. The number of benzene rings is 3. The Morgan fingerprint density at radius 3 is 2.26 bits per heavy atom. The molecule has 0 unspecified atom stereocenters. The molecule has 0 bridgehead atoms. The van der Waals surface area contributed by atoms with E-state index in [1.807, 2.05) is 6.92 Å².